The summed E-state index contributed by atoms with van der Waals surface area (Å²) in [6.45, 7) is 5.74. The second kappa shape index (κ2) is 15.1. The number of carbonyl (C=O) groups is 1. The molecule has 10 heteroatoms. The van der Waals surface area contributed by atoms with Crippen molar-refractivity contribution in [2.24, 2.45) is 20.5 Å². The number of halogens is 1. The van der Waals surface area contributed by atoms with Crippen molar-refractivity contribution in [1.29, 1.82) is 5.26 Å². The van der Waals surface area contributed by atoms with E-state index < -0.39 is 0 Å². The molecule has 3 aromatic carbocycles. The minimum atomic E-state index is -0.267. The summed E-state index contributed by atoms with van der Waals surface area (Å²) >= 11 is 6.30. The Kier molecular flexibility index (Phi) is 11.2. The lowest BCUT2D eigenvalue weighted by Gasteiger charge is -2.21. The molecule has 0 aliphatic carbocycles. The van der Waals surface area contributed by atoms with E-state index in [9.17, 15) is 4.79 Å². The third kappa shape index (κ3) is 8.98. The molecular formula is C28H29ClN6O3. The van der Waals surface area contributed by atoms with E-state index in [1.807, 2.05) is 24.3 Å². The molecular weight excluding hydrogens is 504 g/mol. The Balaban J connectivity index is 1.53. The van der Waals surface area contributed by atoms with Crippen LogP contribution in [0.4, 0.5) is 28.4 Å². The molecule has 3 aromatic rings. The van der Waals surface area contributed by atoms with Gasteiger partial charge in [0.2, 0.25) is 0 Å². The molecule has 0 amide bonds. The molecule has 196 valence electrons. The van der Waals surface area contributed by atoms with Gasteiger partial charge in [-0.1, -0.05) is 18.5 Å². The average Bonchev–Trinajstić information content (AvgIpc) is 2.95. The highest BCUT2D eigenvalue weighted by Crippen LogP contribution is 2.31. The van der Waals surface area contributed by atoms with Crippen LogP contribution in [0.5, 0.6) is 5.75 Å². The number of azo groups is 2. The molecule has 0 bridgehead atoms. The number of nitriles is 1. The van der Waals surface area contributed by atoms with E-state index in [1.165, 1.54) is 0 Å². The van der Waals surface area contributed by atoms with Crippen molar-refractivity contribution >= 4 is 46.0 Å². The van der Waals surface area contributed by atoms with Gasteiger partial charge >= 0.3 is 5.97 Å². The summed E-state index contributed by atoms with van der Waals surface area (Å²) in [5.41, 5.74) is 3.60. The van der Waals surface area contributed by atoms with Gasteiger partial charge < -0.3 is 14.4 Å². The van der Waals surface area contributed by atoms with Gasteiger partial charge in [-0.2, -0.15) is 20.6 Å². The van der Waals surface area contributed by atoms with Gasteiger partial charge in [-0.15, -0.1) is 5.11 Å². The van der Waals surface area contributed by atoms with Crippen LogP contribution in [0, 0.1) is 11.3 Å². The van der Waals surface area contributed by atoms with E-state index in [2.05, 4.69) is 38.3 Å². The van der Waals surface area contributed by atoms with Gasteiger partial charge in [-0.3, -0.25) is 4.79 Å². The molecule has 0 radical (unpaired) electrons. The Bertz CT molecular complexity index is 1290. The van der Waals surface area contributed by atoms with Crippen molar-refractivity contribution in [3.63, 3.8) is 0 Å². The first-order chi connectivity index (χ1) is 18.5. The van der Waals surface area contributed by atoms with Crippen molar-refractivity contribution in [2.75, 3.05) is 31.2 Å². The summed E-state index contributed by atoms with van der Waals surface area (Å²) in [5.74, 6) is 0.282. The molecule has 0 aromatic heterocycles. The summed E-state index contributed by atoms with van der Waals surface area (Å²) in [6.07, 6.45) is 0.816. The van der Waals surface area contributed by atoms with E-state index in [0.717, 1.165) is 17.9 Å². The Morgan fingerprint density at radius 1 is 0.895 bits per heavy atom. The molecule has 0 saturated carbocycles. The number of anilines is 1. The maximum absolute atomic E-state index is 11.1. The number of carbonyl (C=O) groups excluding carboxylic acids is 1. The highest BCUT2D eigenvalue weighted by atomic mass is 35.5. The molecule has 0 N–H and O–H groups in total. The highest BCUT2D eigenvalue weighted by molar-refractivity contribution is 6.33. The van der Waals surface area contributed by atoms with Crippen molar-refractivity contribution in [1.82, 2.24) is 0 Å². The normalized spacial score (nSPS) is 11.0. The van der Waals surface area contributed by atoms with Crippen molar-refractivity contribution in [3.8, 4) is 11.8 Å². The fourth-order valence-corrected chi connectivity index (χ4v) is 3.48. The monoisotopic (exact) mass is 532 g/mol. The number of benzene rings is 3. The molecule has 9 nitrogen and oxygen atoms in total. The number of esters is 1. The van der Waals surface area contributed by atoms with Crippen LogP contribution in [0.1, 0.15) is 26.7 Å². The molecule has 3 rings (SSSR count). The summed E-state index contributed by atoms with van der Waals surface area (Å²) in [5, 5.41) is 26.2. The largest absolute Gasteiger partial charge is 0.490 e. The molecule has 0 saturated heterocycles. The SMILES string of the molecule is CCC(=O)OCCOc1ccc(N=Nc2ccc(N=Nc3ccc(N(CC)CCC#N)cc3)cc2)c(Cl)c1. The number of nitrogens with zero attached hydrogens (tertiary/aromatic N) is 6. The van der Waals surface area contributed by atoms with Crippen molar-refractivity contribution in [2.45, 2.75) is 26.7 Å². The first-order valence-corrected chi connectivity index (χ1v) is 12.6. The second-order valence-electron chi connectivity index (χ2n) is 7.96. The van der Waals surface area contributed by atoms with Gasteiger partial charge in [0.15, 0.2) is 0 Å². The van der Waals surface area contributed by atoms with E-state index in [1.54, 1.807) is 49.4 Å². The zero-order chi connectivity index (χ0) is 27.2. The number of hydrogen-bond donors (Lipinski definition) is 0. The van der Waals surface area contributed by atoms with E-state index >= 15 is 0 Å². The Labute approximate surface area is 227 Å². The van der Waals surface area contributed by atoms with E-state index in [4.69, 9.17) is 26.3 Å². The fourth-order valence-electron chi connectivity index (χ4n) is 3.27. The van der Waals surface area contributed by atoms with Crippen LogP contribution in [-0.2, 0) is 9.53 Å². The zero-order valence-corrected chi connectivity index (χ0v) is 22.1. The fraction of sp³-hybridized carbons (Fsp3) is 0.286. The van der Waals surface area contributed by atoms with Crippen LogP contribution >= 0.6 is 11.6 Å². The molecule has 0 aliphatic rings. The smallest absolute Gasteiger partial charge is 0.305 e. The third-order valence-corrected chi connectivity index (χ3v) is 5.62. The lowest BCUT2D eigenvalue weighted by Crippen LogP contribution is -2.23. The lowest BCUT2D eigenvalue weighted by atomic mass is 10.2. The molecule has 38 heavy (non-hydrogen) atoms. The number of ether oxygens (including phenoxy) is 2. The lowest BCUT2D eigenvalue weighted by molar-refractivity contribution is -0.143. The van der Waals surface area contributed by atoms with Gasteiger partial charge in [0.05, 0.1) is 34.6 Å². The highest BCUT2D eigenvalue weighted by Gasteiger charge is 2.05. The molecule has 0 heterocycles. The number of rotatable bonds is 13. The standard InChI is InChI=1S/C28H29ClN6O3/c1-3-28(36)38-19-18-37-25-14-15-27(26(29)20-25)34-33-22-8-6-21(7-9-22)31-32-23-10-12-24(13-11-23)35(4-2)17-5-16-30/h6-15,20H,3-5,17-19H2,1-2H3. The molecule has 0 aliphatic heterocycles. The van der Waals surface area contributed by atoms with E-state index in [-0.39, 0.29) is 19.2 Å². The zero-order valence-electron chi connectivity index (χ0n) is 21.4. The van der Waals surface area contributed by atoms with Crippen LogP contribution in [-0.4, -0.2) is 32.3 Å². The summed E-state index contributed by atoms with van der Waals surface area (Å²) < 4.78 is 10.5. The van der Waals surface area contributed by atoms with Crippen LogP contribution in [0.15, 0.2) is 87.2 Å². The van der Waals surface area contributed by atoms with Gasteiger partial charge in [-0.05, 0) is 67.6 Å². The van der Waals surface area contributed by atoms with Crippen LogP contribution < -0.4 is 9.64 Å². The Morgan fingerprint density at radius 2 is 1.50 bits per heavy atom. The minimum absolute atomic E-state index is 0.176. The van der Waals surface area contributed by atoms with Gasteiger partial charge in [0.1, 0.15) is 24.7 Å². The summed E-state index contributed by atoms with van der Waals surface area (Å²) in [6, 6.07) is 22.2. The minimum Gasteiger partial charge on any atom is -0.490 e. The first kappa shape index (κ1) is 28.3. The predicted molar refractivity (Wildman–Crippen MR) is 148 cm³/mol. The average molecular weight is 533 g/mol. The van der Waals surface area contributed by atoms with Gasteiger partial charge in [0, 0.05) is 31.3 Å². The van der Waals surface area contributed by atoms with Gasteiger partial charge in [0.25, 0.3) is 0 Å². The molecule has 0 unspecified atom stereocenters. The number of hydrogen-bond acceptors (Lipinski definition) is 9. The van der Waals surface area contributed by atoms with Crippen LogP contribution in [0.2, 0.25) is 5.02 Å². The maximum Gasteiger partial charge on any atom is 0.305 e. The predicted octanol–water partition coefficient (Wildman–Crippen LogP) is 8.24. The van der Waals surface area contributed by atoms with Crippen LogP contribution in [0.3, 0.4) is 0 Å². The molecule has 0 atom stereocenters. The Hall–Kier alpha value is -4.29. The maximum atomic E-state index is 11.1. The van der Waals surface area contributed by atoms with Crippen molar-refractivity contribution in [3.05, 3.63) is 71.8 Å². The van der Waals surface area contributed by atoms with Crippen molar-refractivity contribution < 1.29 is 14.3 Å². The summed E-state index contributed by atoms with van der Waals surface area (Å²) in [7, 11) is 0. The molecule has 0 fully saturated rings. The quantitative estimate of drug-likeness (QED) is 0.125. The Morgan fingerprint density at radius 3 is 2.05 bits per heavy atom. The van der Waals surface area contributed by atoms with Gasteiger partial charge in [-0.25, -0.2) is 0 Å². The first-order valence-electron chi connectivity index (χ1n) is 12.3. The molecule has 0 spiro atoms. The summed E-state index contributed by atoms with van der Waals surface area (Å²) in [4.78, 5) is 13.3. The van der Waals surface area contributed by atoms with Crippen LogP contribution in [0.25, 0.3) is 0 Å². The topological polar surface area (TPSA) is 112 Å². The van der Waals surface area contributed by atoms with E-state index in [0.29, 0.717) is 47.2 Å². The second-order valence-corrected chi connectivity index (χ2v) is 8.36. The third-order valence-electron chi connectivity index (χ3n) is 5.32.